The highest BCUT2D eigenvalue weighted by Crippen LogP contribution is 2.28. The van der Waals surface area contributed by atoms with Gasteiger partial charge in [0.2, 0.25) is 5.91 Å². The summed E-state index contributed by atoms with van der Waals surface area (Å²) >= 11 is 0. The van der Waals surface area contributed by atoms with Crippen LogP contribution in [-0.2, 0) is 4.79 Å². The molecule has 2 unspecified atom stereocenters. The number of aryl methyl sites for hydroxylation is 1. The van der Waals surface area contributed by atoms with Crippen LogP contribution in [0.2, 0.25) is 0 Å². The number of unbranched alkanes of at least 4 members (excludes halogenated alkanes) is 1. The molecule has 1 amide bonds. The number of hydrogen-bond donors (Lipinski definition) is 1. The molecule has 3 heteroatoms. The van der Waals surface area contributed by atoms with Crippen molar-refractivity contribution in [2.24, 2.45) is 5.92 Å². The Morgan fingerprint density at radius 1 is 1.33 bits per heavy atom. The second-order valence-corrected chi connectivity index (χ2v) is 6.56. The predicted molar refractivity (Wildman–Crippen MR) is 86.9 cm³/mol. The largest absolute Gasteiger partial charge is 0.321 e. The minimum atomic E-state index is -0.0192. The van der Waals surface area contributed by atoms with Crippen LogP contribution in [0.1, 0.15) is 57.3 Å². The second kappa shape index (κ2) is 7.08. The van der Waals surface area contributed by atoms with Gasteiger partial charge in [-0.05, 0) is 24.8 Å². The molecule has 0 spiro atoms. The van der Waals surface area contributed by atoms with Gasteiger partial charge in [-0.2, -0.15) is 0 Å². The zero-order valence-electron chi connectivity index (χ0n) is 13.7. The Morgan fingerprint density at radius 3 is 2.71 bits per heavy atom. The maximum absolute atomic E-state index is 12.7. The fourth-order valence-corrected chi connectivity index (χ4v) is 3.00. The van der Waals surface area contributed by atoms with E-state index in [1.165, 1.54) is 11.1 Å². The molecule has 1 aliphatic rings. The van der Waals surface area contributed by atoms with Crippen LogP contribution in [0.4, 0.5) is 0 Å². The summed E-state index contributed by atoms with van der Waals surface area (Å²) in [5.74, 6) is 0.747. The van der Waals surface area contributed by atoms with Crippen molar-refractivity contribution in [2.45, 2.75) is 59.2 Å². The molecule has 0 aromatic heterocycles. The van der Waals surface area contributed by atoms with Crippen molar-refractivity contribution in [3.05, 3.63) is 35.4 Å². The van der Waals surface area contributed by atoms with Gasteiger partial charge in [-0.25, -0.2) is 0 Å². The van der Waals surface area contributed by atoms with E-state index in [4.69, 9.17) is 0 Å². The van der Waals surface area contributed by atoms with Crippen LogP contribution >= 0.6 is 0 Å². The lowest BCUT2D eigenvalue weighted by Crippen LogP contribution is -2.34. The summed E-state index contributed by atoms with van der Waals surface area (Å²) in [7, 11) is 0. The quantitative estimate of drug-likeness (QED) is 0.866. The fraction of sp³-hybridized carbons (Fsp3) is 0.611. The molecule has 0 radical (unpaired) electrons. The molecule has 1 N–H and O–H groups in total. The lowest BCUT2D eigenvalue weighted by atomic mass is 10.1. The van der Waals surface area contributed by atoms with E-state index in [0.717, 1.165) is 25.8 Å². The summed E-state index contributed by atoms with van der Waals surface area (Å²) in [6.07, 6.45) is 3.19. The number of nitrogens with zero attached hydrogens (tertiary/aromatic N) is 1. The van der Waals surface area contributed by atoms with Gasteiger partial charge >= 0.3 is 0 Å². The lowest BCUT2D eigenvalue weighted by molar-refractivity contribution is -0.130. The molecule has 1 saturated heterocycles. The zero-order chi connectivity index (χ0) is 15.4. The Kier molecular flexibility index (Phi) is 5.40. The van der Waals surface area contributed by atoms with Gasteiger partial charge in [0, 0.05) is 6.54 Å². The lowest BCUT2D eigenvalue weighted by Gasteiger charge is -2.26. The molecule has 0 bridgehead atoms. The number of rotatable bonds is 6. The maximum Gasteiger partial charge on any atom is 0.241 e. The standard InChI is InChI=1S/C18H28N2O/c1-5-6-10-16-18(21)20(12-13(2)3)17(19-16)15-9-7-8-14(4)11-15/h7-9,11,13,16-17,19H,5-6,10,12H2,1-4H3. The molecular formula is C18H28N2O. The number of carbonyl (C=O) groups is 1. The topological polar surface area (TPSA) is 32.3 Å². The minimum Gasteiger partial charge on any atom is -0.321 e. The maximum atomic E-state index is 12.7. The van der Waals surface area contributed by atoms with E-state index in [1.807, 2.05) is 4.90 Å². The van der Waals surface area contributed by atoms with Crippen LogP contribution < -0.4 is 5.32 Å². The Hall–Kier alpha value is -1.35. The molecule has 116 valence electrons. The van der Waals surface area contributed by atoms with Crippen molar-refractivity contribution >= 4 is 5.91 Å². The van der Waals surface area contributed by atoms with E-state index in [-0.39, 0.29) is 18.1 Å². The SMILES string of the molecule is CCCCC1NC(c2cccc(C)c2)N(CC(C)C)C1=O. The summed E-state index contributed by atoms with van der Waals surface area (Å²) in [5, 5.41) is 3.55. The first kappa shape index (κ1) is 16.0. The molecule has 21 heavy (non-hydrogen) atoms. The Balaban J connectivity index is 2.22. The first-order valence-electron chi connectivity index (χ1n) is 8.16. The van der Waals surface area contributed by atoms with Crippen LogP contribution in [0, 0.1) is 12.8 Å². The Morgan fingerprint density at radius 2 is 2.10 bits per heavy atom. The summed E-state index contributed by atoms with van der Waals surface area (Å²) in [6, 6.07) is 8.45. The molecular weight excluding hydrogens is 260 g/mol. The zero-order valence-corrected chi connectivity index (χ0v) is 13.7. The Bertz CT molecular complexity index is 484. The van der Waals surface area contributed by atoms with E-state index in [9.17, 15) is 4.79 Å². The van der Waals surface area contributed by atoms with E-state index < -0.39 is 0 Å². The molecule has 1 fully saturated rings. The molecule has 0 aliphatic carbocycles. The van der Waals surface area contributed by atoms with Crippen LogP contribution in [-0.4, -0.2) is 23.4 Å². The van der Waals surface area contributed by atoms with E-state index in [2.05, 4.69) is 57.3 Å². The first-order chi connectivity index (χ1) is 10.0. The molecule has 2 atom stereocenters. The van der Waals surface area contributed by atoms with Gasteiger partial charge in [-0.3, -0.25) is 10.1 Å². The third-order valence-electron chi connectivity index (χ3n) is 4.02. The Labute approximate surface area is 128 Å². The van der Waals surface area contributed by atoms with Gasteiger partial charge in [-0.15, -0.1) is 0 Å². The van der Waals surface area contributed by atoms with Crippen LogP contribution in [0.15, 0.2) is 24.3 Å². The van der Waals surface area contributed by atoms with Crippen LogP contribution in [0.25, 0.3) is 0 Å². The number of carbonyl (C=O) groups excluding carboxylic acids is 1. The first-order valence-corrected chi connectivity index (χ1v) is 8.16. The molecule has 1 aromatic rings. The van der Waals surface area contributed by atoms with Gasteiger partial charge in [0.25, 0.3) is 0 Å². The molecule has 2 rings (SSSR count). The van der Waals surface area contributed by atoms with Crippen molar-refractivity contribution in [2.75, 3.05) is 6.54 Å². The van der Waals surface area contributed by atoms with Crippen LogP contribution in [0.5, 0.6) is 0 Å². The van der Waals surface area contributed by atoms with Crippen LogP contribution in [0.3, 0.4) is 0 Å². The molecule has 0 saturated carbocycles. The molecule has 1 aliphatic heterocycles. The van der Waals surface area contributed by atoms with Crippen molar-refractivity contribution in [1.82, 2.24) is 10.2 Å². The second-order valence-electron chi connectivity index (χ2n) is 6.56. The van der Waals surface area contributed by atoms with Gasteiger partial charge in [-0.1, -0.05) is 63.4 Å². The van der Waals surface area contributed by atoms with E-state index in [1.54, 1.807) is 0 Å². The van der Waals surface area contributed by atoms with Gasteiger partial charge in [0.15, 0.2) is 0 Å². The highest BCUT2D eigenvalue weighted by Gasteiger charge is 2.39. The molecule has 3 nitrogen and oxygen atoms in total. The monoisotopic (exact) mass is 288 g/mol. The third kappa shape index (κ3) is 3.85. The summed E-state index contributed by atoms with van der Waals surface area (Å²) in [6.45, 7) is 9.41. The number of benzene rings is 1. The average molecular weight is 288 g/mol. The summed E-state index contributed by atoms with van der Waals surface area (Å²) in [5.41, 5.74) is 2.44. The van der Waals surface area contributed by atoms with Gasteiger partial charge < -0.3 is 4.90 Å². The fourth-order valence-electron chi connectivity index (χ4n) is 3.00. The summed E-state index contributed by atoms with van der Waals surface area (Å²) < 4.78 is 0. The highest BCUT2D eigenvalue weighted by molar-refractivity contribution is 5.84. The smallest absolute Gasteiger partial charge is 0.241 e. The van der Waals surface area contributed by atoms with Crippen molar-refractivity contribution in [3.63, 3.8) is 0 Å². The minimum absolute atomic E-state index is 0.0192. The van der Waals surface area contributed by atoms with Gasteiger partial charge in [0.05, 0.1) is 6.04 Å². The van der Waals surface area contributed by atoms with Crippen molar-refractivity contribution in [1.29, 1.82) is 0 Å². The number of nitrogens with one attached hydrogen (secondary N) is 1. The van der Waals surface area contributed by atoms with E-state index >= 15 is 0 Å². The van der Waals surface area contributed by atoms with Crippen molar-refractivity contribution < 1.29 is 4.79 Å². The molecule has 1 heterocycles. The van der Waals surface area contributed by atoms with E-state index in [0.29, 0.717) is 5.92 Å². The molecule has 1 aromatic carbocycles. The third-order valence-corrected chi connectivity index (χ3v) is 4.02. The highest BCUT2D eigenvalue weighted by atomic mass is 16.2. The van der Waals surface area contributed by atoms with Gasteiger partial charge in [0.1, 0.15) is 6.17 Å². The normalized spacial score (nSPS) is 22.3. The van der Waals surface area contributed by atoms with Crippen molar-refractivity contribution in [3.8, 4) is 0 Å². The predicted octanol–water partition coefficient (Wildman–Crippen LogP) is 3.64. The average Bonchev–Trinajstić information content (AvgIpc) is 2.73. The number of amides is 1. The summed E-state index contributed by atoms with van der Waals surface area (Å²) in [4.78, 5) is 14.7. The number of hydrogen-bond acceptors (Lipinski definition) is 2.